The van der Waals surface area contributed by atoms with Crippen molar-refractivity contribution in [2.24, 2.45) is 7.05 Å². The molecule has 21 heavy (non-hydrogen) atoms. The zero-order valence-electron chi connectivity index (χ0n) is 12.7. The Morgan fingerprint density at radius 1 is 1.29 bits per heavy atom. The predicted octanol–water partition coefficient (Wildman–Crippen LogP) is 3.27. The summed E-state index contributed by atoms with van der Waals surface area (Å²) in [6, 6.07) is 3.99. The van der Waals surface area contributed by atoms with E-state index in [9.17, 15) is 13.9 Å². The summed E-state index contributed by atoms with van der Waals surface area (Å²) in [6.45, 7) is 5.98. The molecule has 0 amide bonds. The van der Waals surface area contributed by atoms with Crippen LogP contribution in [0.3, 0.4) is 0 Å². The number of rotatable bonds is 3. The first-order valence-electron chi connectivity index (χ1n) is 6.85. The minimum atomic E-state index is -0.927. The lowest BCUT2D eigenvalue weighted by molar-refractivity contribution is 0.174. The van der Waals surface area contributed by atoms with Crippen LogP contribution < -0.4 is 0 Å². The van der Waals surface area contributed by atoms with E-state index in [2.05, 4.69) is 5.10 Å². The molecule has 0 bridgehead atoms. The number of aliphatic hydroxyl groups is 1. The van der Waals surface area contributed by atoms with Crippen molar-refractivity contribution in [3.05, 3.63) is 52.9 Å². The lowest BCUT2D eigenvalue weighted by atomic mass is 9.87. The van der Waals surface area contributed by atoms with E-state index in [1.807, 2.05) is 20.8 Å². The number of aromatic nitrogens is 2. The summed E-state index contributed by atoms with van der Waals surface area (Å²) in [6.07, 6.45) is 0.810. The van der Waals surface area contributed by atoms with Crippen LogP contribution in [-0.4, -0.2) is 14.9 Å². The summed E-state index contributed by atoms with van der Waals surface area (Å²) in [5, 5.41) is 14.8. The molecule has 1 unspecified atom stereocenters. The van der Waals surface area contributed by atoms with Crippen molar-refractivity contribution in [2.75, 3.05) is 0 Å². The number of nitrogens with zero attached hydrogens (tertiary/aromatic N) is 2. The number of hydrogen-bond acceptors (Lipinski definition) is 2. The first kappa shape index (κ1) is 15.6. The molecule has 1 atom stereocenters. The van der Waals surface area contributed by atoms with Crippen LogP contribution in [0.25, 0.3) is 0 Å². The molecule has 1 aromatic carbocycles. The van der Waals surface area contributed by atoms with Crippen LogP contribution in [0.15, 0.2) is 24.4 Å². The quantitative estimate of drug-likeness (QED) is 0.943. The van der Waals surface area contributed by atoms with Gasteiger partial charge in [0, 0.05) is 30.6 Å². The molecule has 0 radical (unpaired) electrons. The maximum atomic E-state index is 13.7. The van der Waals surface area contributed by atoms with Crippen molar-refractivity contribution in [3.63, 3.8) is 0 Å². The van der Waals surface area contributed by atoms with Gasteiger partial charge < -0.3 is 5.11 Å². The van der Waals surface area contributed by atoms with Gasteiger partial charge in [-0.25, -0.2) is 8.78 Å². The van der Waals surface area contributed by atoms with Crippen LogP contribution in [0.5, 0.6) is 0 Å². The van der Waals surface area contributed by atoms with E-state index in [0.717, 1.165) is 11.8 Å². The second kappa shape index (κ2) is 5.56. The van der Waals surface area contributed by atoms with Crippen LogP contribution >= 0.6 is 0 Å². The van der Waals surface area contributed by atoms with E-state index in [1.165, 1.54) is 12.1 Å². The molecule has 0 saturated carbocycles. The summed E-state index contributed by atoms with van der Waals surface area (Å²) in [5.41, 5.74) is 1.33. The summed E-state index contributed by atoms with van der Waals surface area (Å²) >= 11 is 0. The van der Waals surface area contributed by atoms with Crippen LogP contribution in [0.1, 0.15) is 43.7 Å². The molecule has 0 aliphatic heterocycles. The van der Waals surface area contributed by atoms with Gasteiger partial charge >= 0.3 is 0 Å². The van der Waals surface area contributed by atoms with Crippen molar-refractivity contribution in [1.29, 1.82) is 0 Å². The second-order valence-electron chi connectivity index (χ2n) is 6.29. The Labute approximate surface area is 123 Å². The fourth-order valence-electron chi connectivity index (χ4n) is 2.36. The highest BCUT2D eigenvalue weighted by atomic mass is 19.2. The maximum Gasteiger partial charge on any atom is 0.162 e. The summed E-state index contributed by atoms with van der Waals surface area (Å²) < 4.78 is 28.6. The van der Waals surface area contributed by atoms with Crippen LogP contribution in [0.2, 0.25) is 0 Å². The maximum absolute atomic E-state index is 13.7. The molecule has 1 N–H and O–H groups in total. The number of hydrogen-bond donors (Lipinski definition) is 1. The number of aryl methyl sites for hydroxylation is 1. The Morgan fingerprint density at radius 3 is 2.57 bits per heavy atom. The molecule has 5 heteroatoms. The summed E-state index contributed by atoms with van der Waals surface area (Å²) in [7, 11) is 1.77. The van der Waals surface area contributed by atoms with E-state index in [0.29, 0.717) is 5.56 Å². The van der Waals surface area contributed by atoms with Gasteiger partial charge in [0.1, 0.15) is 0 Å². The average molecular weight is 294 g/mol. The van der Waals surface area contributed by atoms with Gasteiger partial charge in [-0.15, -0.1) is 0 Å². The molecule has 2 rings (SSSR count). The van der Waals surface area contributed by atoms with Gasteiger partial charge in [-0.05, 0) is 11.6 Å². The third-order valence-corrected chi connectivity index (χ3v) is 3.37. The van der Waals surface area contributed by atoms with Gasteiger partial charge in [-0.1, -0.05) is 32.9 Å². The number of benzene rings is 1. The fourth-order valence-corrected chi connectivity index (χ4v) is 2.36. The minimum Gasteiger partial charge on any atom is -0.388 e. The highest BCUT2D eigenvalue weighted by molar-refractivity contribution is 5.29. The molecule has 1 aromatic heterocycles. The Kier molecular flexibility index (Phi) is 4.14. The second-order valence-corrected chi connectivity index (χ2v) is 6.29. The van der Waals surface area contributed by atoms with E-state index in [1.54, 1.807) is 17.9 Å². The van der Waals surface area contributed by atoms with E-state index in [4.69, 9.17) is 0 Å². The molecule has 1 heterocycles. The zero-order chi connectivity index (χ0) is 15.8. The van der Waals surface area contributed by atoms with Crippen molar-refractivity contribution < 1.29 is 13.9 Å². The van der Waals surface area contributed by atoms with Crippen LogP contribution in [0.4, 0.5) is 8.78 Å². The van der Waals surface area contributed by atoms with E-state index in [-0.39, 0.29) is 17.4 Å². The van der Waals surface area contributed by atoms with Gasteiger partial charge in [0.15, 0.2) is 11.6 Å². The Hall–Kier alpha value is -1.75. The fraction of sp³-hybridized carbons (Fsp3) is 0.438. The molecule has 114 valence electrons. The molecule has 0 spiro atoms. The summed E-state index contributed by atoms with van der Waals surface area (Å²) in [5.74, 6) is -1.81. The molecule has 3 nitrogen and oxygen atoms in total. The van der Waals surface area contributed by atoms with Crippen molar-refractivity contribution in [2.45, 2.75) is 38.7 Å². The van der Waals surface area contributed by atoms with Crippen molar-refractivity contribution in [1.82, 2.24) is 9.78 Å². The highest BCUT2D eigenvalue weighted by Gasteiger charge is 2.26. The number of aliphatic hydroxyl groups excluding tert-OH is 1. The molecule has 0 aliphatic rings. The molecule has 2 aromatic rings. The molecule has 0 saturated heterocycles. The van der Waals surface area contributed by atoms with E-state index < -0.39 is 17.7 Å². The number of halogens is 2. The Balaban J connectivity index is 2.33. The smallest absolute Gasteiger partial charge is 0.162 e. The predicted molar refractivity (Wildman–Crippen MR) is 76.9 cm³/mol. The summed E-state index contributed by atoms with van der Waals surface area (Å²) in [4.78, 5) is 0. The first-order valence-corrected chi connectivity index (χ1v) is 6.85. The molecule has 0 fully saturated rings. The van der Waals surface area contributed by atoms with E-state index >= 15 is 0 Å². The Bertz CT molecular complexity index is 644. The van der Waals surface area contributed by atoms with Crippen molar-refractivity contribution >= 4 is 0 Å². The topological polar surface area (TPSA) is 38.0 Å². The van der Waals surface area contributed by atoms with Crippen molar-refractivity contribution in [3.8, 4) is 0 Å². The van der Waals surface area contributed by atoms with Gasteiger partial charge in [-0.3, -0.25) is 4.68 Å². The lowest BCUT2D eigenvalue weighted by Crippen LogP contribution is -2.17. The normalized spacial score (nSPS) is 13.5. The molecular formula is C16H20F2N2O. The third-order valence-electron chi connectivity index (χ3n) is 3.37. The van der Waals surface area contributed by atoms with Gasteiger partial charge in [-0.2, -0.15) is 5.10 Å². The highest BCUT2D eigenvalue weighted by Crippen LogP contribution is 2.30. The monoisotopic (exact) mass is 294 g/mol. The van der Waals surface area contributed by atoms with Crippen LogP contribution in [0, 0.1) is 11.6 Å². The molecule has 0 aliphatic carbocycles. The first-order chi connectivity index (χ1) is 9.70. The SMILES string of the molecule is Cn1cc(C(O)Cc2cccc(F)c2F)c(C(C)(C)C)n1. The van der Waals surface area contributed by atoms with Crippen LogP contribution in [-0.2, 0) is 18.9 Å². The standard InChI is InChI=1S/C16H20F2N2O/c1-16(2,3)15-11(9-20(4)19-15)13(21)8-10-6-5-7-12(17)14(10)18/h5-7,9,13,21H,8H2,1-4H3. The largest absolute Gasteiger partial charge is 0.388 e. The third kappa shape index (κ3) is 3.29. The lowest BCUT2D eigenvalue weighted by Gasteiger charge is -2.20. The van der Waals surface area contributed by atoms with Gasteiger partial charge in [0.2, 0.25) is 0 Å². The minimum absolute atomic E-state index is 0.0123. The molecular weight excluding hydrogens is 274 g/mol. The zero-order valence-corrected chi connectivity index (χ0v) is 12.7. The van der Waals surface area contributed by atoms with Gasteiger partial charge in [0.25, 0.3) is 0 Å². The Morgan fingerprint density at radius 2 is 1.95 bits per heavy atom. The average Bonchev–Trinajstić information content (AvgIpc) is 2.77. The van der Waals surface area contributed by atoms with Gasteiger partial charge in [0.05, 0.1) is 11.8 Å².